The van der Waals surface area contributed by atoms with Gasteiger partial charge in [-0.15, -0.1) is 0 Å². The van der Waals surface area contributed by atoms with E-state index in [0.717, 1.165) is 43.4 Å². The summed E-state index contributed by atoms with van der Waals surface area (Å²) >= 11 is 0. The number of imidazole rings is 1. The molecule has 0 bridgehead atoms. The molecule has 124 valence electrons. The summed E-state index contributed by atoms with van der Waals surface area (Å²) in [5.41, 5.74) is 3.50. The largest absolute Gasteiger partial charge is 0.370 e. The number of nitrogens with one attached hydrogen (secondary N) is 2. The SMILES string of the molecule is Cc1cc2n(n1)C[C@H](CNCc1ccc(-n3ccnc3)cc1)CN2. The van der Waals surface area contributed by atoms with E-state index >= 15 is 0 Å². The minimum absolute atomic E-state index is 0.557. The van der Waals surface area contributed by atoms with Crippen molar-refractivity contribution in [3.63, 3.8) is 0 Å². The second-order valence-electron chi connectivity index (χ2n) is 6.37. The third kappa shape index (κ3) is 3.19. The van der Waals surface area contributed by atoms with E-state index in [-0.39, 0.29) is 0 Å². The Morgan fingerprint density at radius 1 is 1.29 bits per heavy atom. The Bertz CT molecular complexity index is 788. The molecule has 3 heterocycles. The van der Waals surface area contributed by atoms with Crippen molar-refractivity contribution in [1.29, 1.82) is 0 Å². The first kappa shape index (κ1) is 15.0. The Labute approximate surface area is 141 Å². The lowest BCUT2D eigenvalue weighted by molar-refractivity contribution is 0.390. The number of aromatic nitrogens is 4. The molecule has 6 nitrogen and oxygen atoms in total. The molecule has 2 N–H and O–H groups in total. The third-order valence-corrected chi connectivity index (χ3v) is 4.41. The van der Waals surface area contributed by atoms with Gasteiger partial charge in [0.1, 0.15) is 5.82 Å². The summed E-state index contributed by atoms with van der Waals surface area (Å²) in [6, 6.07) is 10.7. The molecular formula is C18H22N6. The fourth-order valence-electron chi connectivity index (χ4n) is 3.14. The van der Waals surface area contributed by atoms with Gasteiger partial charge >= 0.3 is 0 Å². The fourth-order valence-corrected chi connectivity index (χ4v) is 3.14. The van der Waals surface area contributed by atoms with E-state index in [0.29, 0.717) is 5.92 Å². The number of fused-ring (bicyclic) bond motifs is 1. The number of rotatable bonds is 5. The molecule has 0 saturated carbocycles. The van der Waals surface area contributed by atoms with E-state index < -0.39 is 0 Å². The van der Waals surface area contributed by atoms with Gasteiger partial charge in [0.15, 0.2) is 0 Å². The number of hydrogen-bond donors (Lipinski definition) is 2. The van der Waals surface area contributed by atoms with Crippen molar-refractivity contribution in [2.75, 3.05) is 18.4 Å². The molecule has 0 fully saturated rings. The van der Waals surface area contributed by atoms with Crippen LogP contribution in [0.5, 0.6) is 0 Å². The number of anilines is 1. The van der Waals surface area contributed by atoms with Crippen LogP contribution < -0.4 is 10.6 Å². The second kappa shape index (κ2) is 6.49. The van der Waals surface area contributed by atoms with Crippen LogP contribution in [0.25, 0.3) is 5.69 Å². The third-order valence-electron chi connectivity index (χ3n) is 4.41. The Morgan fingerprint density at radius 3 is 2.96 bits per heavy atom. The van der Waals surface area contributed by atoms with Crippen molar-refractivity contribution in [1.82, 2.24) is 24.6 Å². The van der Waals surface area contributed by atoms with Gasteiger partial charge in [-0.25, -0.2) is 9.67 Å². The van der Waals surface area contributed by atoms with Crippen LogP contribution in [0.1, 0.15) is 11.3 Å². The molecule has 0 spiro atoms. The Balaban J connectivity index is 1.28. The van der Waals surface area contributed by atoms with Gasteiger partial charge in [0.05, 0.1) is 12.0 Å². The number of benzene rings is 1. The van der Waals surface area contributed by atoms with Gasteiger partial charge in [-0.2, -0.15) is 5.10 Å². The molecule has 0 radical (unpaired) electrons. The maximum absolute atomic E-state index is 4.52. The van der Waals surface area contributed by atoms with Gasteiger partial charge in [0.25, 0.3) is 0 Å². The van der Waals surface area contributed by atoms with Crippen molar-refractivity contribution in [3.8, 4) is 5.69 Å². The van der Waals surface area contributed by atoms with Gasteiger partial charge in [0, 0.05) is 56.2 Å². The highest BCUT2D eigenvalue weighted by molar-refractivity contribution is 5.38. The van der Waals surface area contributed by atoms with Crippen molar-refractivity contribution in [3.05, 3.63) is 60.3 Å². The Kier molecular flexibility index (Phi) is 4.04. The highest BCUT2D eigenvalue weighted by atomic mass is 15.3. The molecule has 3 aromatic rings. The summed E-state index contributed by atoms with van der Waals surface area (Å²) in [6.45, 7) is 5.87. The van der Waals surface area contributed by atoms with Crippen LogP contribution in [-0.2, 0) is 13.1 Å². The zero-order chi connectivity index (χ0) is 16.4. The lowest BCUT2D eigenvalue weighted by Gasteiger charge is -2.25. The van der Waals surface area contributed by atoms with E-state index in [1.807, 2.05) is 24.0 Å². The van der Waals surface area contributed by atoms with Crippen LogP contribution in [0.3, 0.4) is 0 Å². The molecule has 1 atom stereocenters. The summed E-state index contributed by atoms with van der Waals surface area (Å²) < 4.78 is 4.08. The minimum atomic E-state index is 0.557. The second-order valence-corrected chi connectivity index (χ2v) is 6.37. The highest BCUT2D eigenvalue weighted by Crippen LogP contribution is 2.18. The van der Waals surface area contributed by atoms with E-state index in [4.69, 9.17) is 0 Å². The molecule has 0 aliphatic carbocycles. The predicted molar refractivity (Wildman–Crippen MR) is 94.2 cm³/mol. The Hall–Kier alpha value is -2.60. The lowest BCUT2D eigenvalue weighted by Crippen LogP contribution is -2.35. The molecule has 0 saturated heterocycles. The fraction of sp³-hybridized carbons (Fsp3) is 0.333. The van der Waals surface area contributed by atoms with Gasteiger partial charge in [-0.3, -0.25) is 0 Å². The van der Waals surface area contributed by atoms with Crippen LogP contribution in [0, 0.1) is 12.8 Å². The first-order valence-electron chi connectivity index (χ1n) is 8.34. The molecule has 1 aromatic carbocycles. The summed E-state index contributed by atoms with van der Waals surface area (Å²) in [4.78, 5) is 4.08. The summed E-state index contributed by atoms with van der Waals surface area (Å²) in [5.74, 6) is 1.70. The molecule has 0 amide bonds. The number of nitrogens with zero attached hydrogens (tertiary/aromatic N) is 4. The van der Waals surface area contributed by atoms with Crippen LogP contribution >= 0.6 is 0 Å². The number of aryl methyl sites for hydroxylation is 1. The topological polar surface area (TPSA) is 59.7 Å². The zero-order valence-corrected chi connectivity index (χ0v) is 13.8. The molecular weight excluding hydrogens is 300 g/mol. The maximum atomic E-state index is 4.52. The molecule has 4 rings (SSSR count). The quantitative estimate of drug-likeness (QED) is 0.756. The van der Waals surface area contributed by atoms with Gasteiger partial charge in [0.2, 0.25) is 0 Å². The summed E-state index contributed by atoms with van der Waals surface area (Å²) in [5, 5.41) is 11.5. The van der Waals surface area contributed by atoms with Gasteiger partial charge in [-0.1, -0.05) is 12.1 Å². The first-order chi connectivity index (χ1) is 11.8. The van der Waals surface area contributed by atoms with Crippen LogP contribution in [-0.4, -0.2) is 32.4 Å². The average Bonchev–Trinajstić information content (AvgIpc) is 3.24. The van der Waals surface area contributed by atoms with Crippen molar-refractivity contribution in [2.24, 2.45) is 5.92 Å². The van der Waals surface area contributed by atoms with E-state index in [2.05, 4.69) is 55.7 Å². The van der Waals surface area contributed by atoms with E-state index in [1.165, 1.54) is 5.56 Å². The average molecular weight is 322 g/mol. The maximum Gasteiger partial charge on any atom is 0.124 e. The first-order valence-corrected chi connectivity index (χ1v) is 8.34. The van der Waals surface area contributed by atoms with E-state index in [1.54, 1.807) is 6.20 Å². The monoisotopic (exact) mass is 322 g/mol. The van der Waals surface area contributed by atoms with Gasteiger partial charge in [-0.05, 0) is 24.6 Å². The molecule has 2 aromatic heterocycles. The van der Waals surface area contributed by atoms with Crippen molar-refractivity contribution < 1.29 is 0 Å². The van der Waals surface area contributed by atoms with Gasteiger partial charge < -0.3 is 15.2 Å². The normalized spacial score (nSPS) is 16.6. The molecule has 0 unspecified atom stereocenters. The van der Waals surface area contributed by atoms with E-state index in [9.17, 15) is 0 Å². The molecule has 24 heavy (non-hydrogen) atoms. The minimum Gasteiger partial charge on any atom is -0.370 e. The van der Waals surface area contributed by atoms with Crippen LogP contribution in [0.15, 0.2) is 49.1 Å². The molecule has 1 aliphatic rings. The number of hydrogen-bond acceptors (Lipinski definition) is 4. The molecule has 1 aliphatic heterocycles. The van der Waals surface area contributed by atoms with Crippen molar-refractivity contribution >= 4 is 5.82 Å². The summed E-state index contributed by atoms with van der Waals surface area (Å²) in [6.07, 6.45) is 5.56. The summed E-state index contributed by atoms with van der Waals surface area (Å²) in [7, 11) is 0. The standard InChI is InChI=1S/C18H22N6/c1-14-8-18-21-11-16(12-24(18)22-14)10-20-9-15-2-4-17(5-3-15)23-7-6-19-13-23/h2-8,13,16,20-21H,9-12H2,1H3/t16-/m1/s1. The van der Waals surface area contributed by atoms with Crippen LogP contribution in [0.4, 0.5) is 5.82 Å². The predicted octanol–water partition coefficient (Wildman–Crippen LogP) is 2.21. The van der Waals surface area contributed by atoms with Crippen LogP contribution in [0.2, 0.25) is 0 Å². The zero-order valence-electron chi connectivity index (χ0n) is 13.8. The molecule has 6 heteroatoms. The highest BCUT2D eigenvalue weighted by Gasteiger charge is 2.18. The van der Waals surface area contributed by atoms with Crippen molar-refractivity contribution in [2.45, 2.75) is 20.0 Å². The smallest absolute Gasteiger partial charge is 0.124 e. The lowest BCUT2D eigenvalue weighted by atomic mass is 10.1. The Morgan fingerprint density at radius 2 is 2.17 bits per heavy atom.